The number of benzene rings is 1. The van der Waals surface area contributed by atoms with Crippen molar-refractivity contribution in [2.45, 2.75) is 27.2 Å². The molecule has 0 amide bonds. The number of aromatic nitrogens is 1. The summed E-state index contributed by atoms with van der Waals surface area (Å²) < 4.78 is 0. The summed E-state index contributed by atoms with van der Waals surface area (Å²) in [6.07, 6.45) is 10.3. The summed E-state index contributed by atoms with van der Waals surface area (Å²) in [7, 11) is 0. The standard InChI is InChI=1S/C19H20N2.C3H6S/c1-3-15(9-10-17(20)4-2)18-7-5-6-8-19(18)16-11-13-21-14-12-16;1-3(2)4/h3,5-14,20H,4H2,1-2H3;4H,1H2,2H3/b10-9-,15-3+,20-17?;. The van der Waals surface area contributed by atoms with Crippen LogP contribution in [-0.2, 0) is 0 Å². The van der Waals surface area contributed by atoms with Gasteiger partial charge in [0.1, 0.15) is 0 Å². The van der Waals surface area contributed by atoms with Crippen molar-refractivity contribution < 1.29 is 0 Å². The van der Waals surface area contributed by atoms with Gasteiger partial charge in [-0.1, -0.05) is 49.9 Å². The van der Waals surface area contributed by atoms with Gasteiger partial charge >= 0.3 is 0 Å². The third-order valence-electron chi connectivity index (χ3n) is 3.39. The van der Waals surface area contributed by atoms with Crippen LogP contribution in [0.4, 0.5) is 0 Å². The van der Waals surface area contributed by atoms with E-state index in [2.05, 4.69) is 42.4 Å². The minimum Gasteiger partial charge on any atom is -0.305 e. The van der Waals surface area contributed by atoms with Crippen LogP contribution in [0.3, 0.4) is 0 Å². The van der Waals surface area contributed by atoms with Gasteiger partial charge < -0.3 is 5.41 Å². The molecule has 0 bridgehead atoms. The van der Waals surface area contributed by atoms with Crippen molar-refractivity contribution in [3.05, 3.63) is 84.1 Å². The zero-order chi connectivity index (χ0) is 18.7. The Morgan fingerprint density at radius 3 is 2.32 bits per heavy atom. The van der Waals surface area contributed by atoms with Gasteiger partial charge in [-0.05, 0) is 65.6 Å². The molecular formula is C22H26N2S. The van der Waals surface area contributed by atoms with Crippen LogP contribution in [0.25, 0.3) is 16.7 Å². The van der Waals surface area contributed by atoms with Crippen molar-refractivity contribution in [3.8, 4) is 11.1 Å². The second-order valence-electron chi connectivity index (χ2n) is 5.47. The van der Waals surface area contributed by atoms with Gasteiger partial charge in [0.25, 0.3) is 0 Å². The molecule has 0 atom stereocenters. The van der Waals surface area contributed by atoms with Crippen molar-refractivity contribution in [1.29, 1.82) is 5.41 Å². The van der Waals surface area contributed by atoms with Gasteiger partial charge in [0.2, 0.25) is 0 Å². The van der Waals surface area contributed by atoms with E-state index in [1.807, 2.05) is 69.6 Å². The molecule has 1 heterocycles. The number of pyridine rings is 1. The van der Waals surface area contributed by atoms with Gasteiger partial charge in [0, 0.05) is 18.1 Å². The van der Waals surface area contributed by atoms with E-state index in [1.165, 1.54) is 11.1 Å². The lowest BCUT2D eigenvalue weighted by molar-refractivity contribution is 1.26. The molecule has 0 saturated heterocycles. The van der Waals surface area contributed by atoms with Gasteiger partial charge in [-0.3, -0.25) is 4.98 Å². The van der Waals surface area contributed by atoms with Crippen molar-refractivity contribution in [3.63, 3.8) is 0 Å². The Kier molecular flexibility index (Phi) is 9.26. The molecule has 130 valence electrons. The molecule has 0 saturated carbocycles. The predicted octanol–water partition coefficient (Wildman–Crippen LogP) is 6.59. The quantitative estimate of drug-likeness (QED) is 0.356. The maximum atomic E-state index is 7.76. The van der Waals surface area contributed by atoms with E-state index in [1.54, 1.807) is 0 Å². The first-order valence-electron chi connectivity index (χ1n) is 8.25. The third kappa shape index (κ3) is 7.36. The summed E-state index contributed by atoms with van der Waals surface area (Å²) in [5.41, 5.74) is 5.27. The zero-order valence-corrected chi connectivity index (χ0v) is 16.1. The van der Waals surface area contributed by atoms with Crippen LogP contribution in [-0.4, -0.2) is 10.7 Å². The minimum absolute atomic E-state index is 0.635. The van der Waals surface area contributed by atoms with Gasteiger partial charge in [0.15, 0.2) is 0 Å². The summed E-state index contributed by atoms with van der Waals surface area (Å²) in [5, 5.41) is 7.76. The fourth-order valence-electron chi connectivity index (χ4n) is 2.17. The number of allylic oxidation sites excluding steroid dienone is 5. The highest BCUT2D eigenvalue weighted by atomic mass is 32.1. The topological polar surface area (TPSA) is 36.7 Å². The summed E-state index contributed by atoms with van der Waals surface area (Å²) in [4.78, 5) is 4.94. The van der Waals surface area contributed by atoms with Crippen molar-refractivity contribution >= 4 is 23.9 Å². The second-order valence-corrected chi connectivity index (χ2v) is 6.24. The van der Waals surface area contributed by atoms with Crippen LogP contribution in [0, 0.1) is 5.41 Å². The van der Waals surface area contributed by atoms with E-state index < -0.39 is 0 Å². The van der Waals surface area contributed by atoms with Crippen LogP contribution in [0.2, 0.25) is 0 Å². The molecule has 0 fully saturated rings. The first-order chi connectivity index (χ1) is 12.0. The Balaban J connectivity index is 0.000000705. The lowest BCUT2D eigenvalue weighted by atomic mass is 9.94. The molecule has 1 aromatic carbocycles. The smallest absolute Gasteiger partial charge is 0.0311 e. The summed E-state index contributed by atoms with van der Waals surface area (Å²) in [6.45, 7) is 9.28. The Morgan fingerprint density at radius 1 is 1.16 bits per heavy atom. The molecule has 0 aliphatic carbocycles. The molecule has 2 rings (SSSR count). The summed E-state index contributed by atoms with van der Waals surface area (Å²) >= 11 is 3.77. The van der Waals surface area contributed by atoms with Crippen molar-refractivity contribution in [1.82, 2.24) is 4.98 Å². The number of rotatable bonds is 5. The highest BCUT2D eigenvalue weighted by Crippen LogP contribution is 2.29. The molecule has 3 heteroatoms. The van der Waals surface area contributed by atoms with Crippen molar-refractivity contribution in [2.24, 2.45) is 0 Å². The lowest BCUT2D eigenvalue weighted by Gasteiger charge is -2.10. The van der Waals surface area contributed by atoms with Gasteiger partial charge in [-0.15, -0.1) is 12.6 Å². The number of thiol groups is 1. The van der Waals surface area contributed by atoms with Gasteiger partial charge in [0.05, 0.1) is 0 Å². The number of nitrogens with one attached hydrogen (secondary N) is 1. The Labute approximate surface area is 156 Å². The molecule has 0 aliphatic heterocycles. The molecule has 1 N–H and O–H groups in total. The van der Waals surface area contributed by atoms with Gasteiger partial charge in [-0.2, -0.15) is 0 Å². The molecule has 25 heavy (non-hydrogen) atoms. The van der Waals surface area contributed by atoms with Crippen LogP contribution >= 0.6 is 12.6 Å². The first-order valence-corrected chi connectivity index (χ1v) is 8.70. The van der Waals surface area contributed by atoms with E-state index in [-0.39, 0.29) is 0 Å². The maximum Gasteiger partial charge on any atom is 0.0311 e. The number of nitrogens with zero attached hydrogens (tertiary/aromatic N) is 1. The highest BCUT2D eigenvalue weighted by molar-refractivity contribution is 7.84. The van der Waals surface area contributed by atoms with Gasteiger partial charge in [-0.25, -0.2) is 0 Å². The third-order valence-corrected chi connectivity index (χ3v) is 3.39. The van der Waals surface area contributed by atoms with Crippen LogP contribution in [0.5, 0.6) is 0 Å². The van der Waals surface area contributed by atoms with E-state index in [4.69, 9.17) is 5.41 Å². The van der Waals surface area contributed by atoms with Crippen LogP contribution in [0.15, 0.2) is 78.5 Å². The molecule has 1 aromatic heterocycles. The Hall–Kier alpha value is -2.39. The number of hydrogen-bond donors (Lipinski definition) is 2. The lowest BCUT2D eigenvalue weighted by Crippen LogP contribution is -1.90. The van der Waals surface area contributed by atoms with E-state index in [0.717, 1.165) is 22.5 Å². The number of hydrogen-bond acceptors (Lipinski definition) is 3. The van der Waals surface area contributed by atoms with E-state index in [0.29, 0.717) is 5.71 Å². The van der Waals surface area contributed by atoms with Crippen LogP contribution < -0.4 is 0 Å². The summed E-state index contributed by atoms with van der Waals surface area (Å²) in [5.74, 6) is 0. The van der Waals surface area contributed by atoms with E-state index >= 15 is 0 Å². The molecule has 0 unspecified atom stereocenters. The van der Waals surface area contributed by atoms with E-state index in [9.17, 15) is 0 Å². The predicted molar refractivity (Wildman–Crippen MR) is 114 cm³/mol. The Bertz CT molecular complexity index is 755. The SMILES string of the molecule is C/C=C(\C=C/C(=N)CC)c1ccccc1-c1ccncc1.C=C(C)S. The zero-order valence-electron chi connectivity index (χ0n) is 15.2. The maximum absolute atomic E-state index is 7.76. The fourth-order valence-corrected chi connectivity index (χ4v) is 2.17. The van der Waals surface area contributed by atoms with Crippen molar-refractivity contribution in [2.75, 3.05) is 0 Å². The molecule has 0 radical (unpaired) electrons. The monoisotopic (exact) mass is 350 g/mol. The Morgan fingerprint density at radius 2 is 1.76 bits per heavy atom. The largest absolute Gasteiger partial charge is 0.305 e. The molecule has 2 aromatic rings. The molecule has 0 aliphatic rings. The highest BCUT2D eigenvalue weighted by Gasteiger charge is 2.06. The normalized spacial score (nSPS) is 11.0. The fraction of sp³-hybridized carbons (Fsp3) is 0.182. The molecule has 2 nitrogen and oxygen atoms in total. The summed E-state index contributed by atoms with van der Waals surface area (Å²) in [6, 6.07) is 12.4. The average Bonchev–Trinajstić information content (AvgIpc) is 2.62. The molecular weight excluding hydrogens is 324 g/mol. The average molecular weight is 351 g/mol. The molecule has 0 spiro atoms. The second kappa shape index (κ2) is 11.2. The van der Waals surface area contributed by atoms with Crippen LogP contribution in [0.1, 0.15) is 32.8 Å². The first kappa shape index (κ1) is 20.7. The minimum atomic E-state index is 0.635.